The quantitative estimate of drug-likeness (QED) is 0.879. The highest BCUT2D eigenvalue weighted by atomic mass is 16.6. The Morgan fingerprint density at radius 1 is 1.25 bits per heavy atom. The summed E-state index contributed by atoms with van der Waals surface area (Å²) in [7, 11) is 0. The topological polar surface area (TPSA) is 95.0 Å². The van der Waals surface area contributed by atoms with E-state index in [-0.39, 0.29) is 0 Å². The predicted molar refractivity (Wildman–Crippen MR) is 89.0 cm³/mol. The number of pyridine rings is 1. The molecule has 0 bridgehead atoms. The lowest BCUT2D eigenvalue weighted by molar-refractivity contribution is 0.0635. The van der Waals surface area contributed by atoms with Crippen molar-refractivity contribution in [2.45, 2.75) is 32.9 Å². The minimum absolute atomic E-state index is 0.434. The molecule has 132 valence electrons. The molecule has 8 nitrogen and oxygen atoms in total. The van der Waals surface area contributed by atoms with Gasteiger partial charge in [0.25, 0.3) is 0 Å². The fourth-order valence-electron chi connectivity index (χ4n) is 2.36. The molecule has 1 aromatic heterocycles. The second-order valence-corrected chi connectivity index (χ2v) is 6.72. The summed E-state index contributed by atoms with van der Waals surface area (Å²) in [6.45, 7) is 8.53. The van der Waals surface area contributed by atoms with Crippen molar-refractivity contribution in [1.82, 2.24) is 14.8 Å². The number of carboxylic acid groups (broad SMARTS) is 1. The Morgan fingerprint density at radius 2 is 1.92 bits per heavy atom. The van der Waals surface area contributed by atoms with Gasteiger partial charge in [-0.1, -0.05) is 6.07 Å². The highest BCUT2D eigenvalue weighted by molar-refractivity contribution is 5.83. The molecule has 0 atom stereocenters. The highest BCUT2D eigenvalue weighted by Crippen LogP contribution is 2.12. The van der Waals surface area contributed by atoms with E-state index in [1.54, 1.807) is 33.0 Å². The molecule has 0 unspecified atom stereocenters. The first-order valence-corrected chi connectivity index (χ1v) is 7.88. The first kappa shape index (κ1) is 18.0. The van der Waals surface area contributed by atoms with Gasteiger partial charge in [-0.15, -0.1) is 0 Å². The van der Waals surface area contributed by atoms with Crippen molar-refractivity contribution in [2.24, 2.45) is 0 Å². The maximum absolute atomic E-state index is 11.7. The Hall–Kier alpha value is -2.35. The molecule has 2 heterocycles. The molecule has 2 rings (SSSR count). The van der Waals surface area contributed by atoms with Gasteiger partial charge in [0.05, 0.1) is 0 Å². The number of carbonyl (C=O) groups excluding carboxylic acids is 1. The van der Waals surface area contributed by atoms with Gasteiger partial charge in [0, 0.05) is 38.9 Å². The van der Waals surface area contributed by atoms with Crippen molar-refractivity contribution < 1.29 is 19.4 Å². The first-order chi connectivity index (χ1) is 11.2. The summed E-state index contributed by atoms with van der Waals surface area (Å²) in [5, 5.41) is 11.5. The molecule has 1 saturated heterocycles. The summed E-state index contributed by atoms with van der Waals surface area (Å²) >= 11 is 0. The Kier molecular flexibility index (Phi) is 5.61. The van der Waals surface area contributed by atoms with Gasteiger partial charge in [0.2, 0.25) is 0 Å². The minimum atomic E-state index is -0.867. The van der Waals surface area contributed by atoms with E-state index in [4.69, 9.17) is 9.84 Å². The summed E-state index contributed by atoms with van der Waals surface area (Å²) in [5.74, 6) is 0.434. The van der Waals surface area contributed by atoms with Crippen LogP contribution in [0.25, 0.3) is 0 Å². The number of nitrogens with zero attached hydrogens (tertiary/aromatic N) is 3. The van der Waals surface area contributed by atoms with Crippen molar-refractivity contribution in [3.8, 4) is 0 Å². The van der Waals surface area contributed by atoms with Gasteiger partial charge in [-0.25, -0.2) is 14.6 Å². The molecule has 24 heavy (non-hydrogen) atoms. The van der Waals surface area contributed by atoms with Crippen LogP contribution in [0.1, 0.15) is 26.3 Å². The van der Waals surface area contributed by atoms with Crippen LogP contribution in [0.3, 0.4) is 0 Å². The van der Waals surface area contributed by atoms with E-state index < -0.39 is 17.8 Å². The van der Waals surface area contributed by atoms with Crippen LogP contribution in [-0.2, 0) is 11.3 Å². The number of ether oxygens (including phenoxy) is 1. The zero-order chi connectivity index (χ0) is 17.7. The van der Waals surface area contributed by atoms with Crippen molar-refractivity contribution >= 4 is 18.0 Å². The van der Waals surface area contributed by atoms with Gasteiger partial charge >= 0.3 is 12.2 Å². The molecular formula is C16H24N4O4. The molecule has 1 aliphatic heterocycles. The van der Waals surface area contributed by atoms with E-state index in [2.05, 4.69) is 15.2 Å². The van der Waals surface area contributed by atoms with Gasteiger partial charge in [-0.3, -0.25) is 10.2 Å². The van der Waals surface area contributed by atoms with Gasteiger partial charge < -0.3 is 14.7 Å². The molecule has 1 aromatic rings. The summed E-state index contributed by atoms with van der Waals surface area (Å²) in [6, 6.07) is 3.62. The van der Waals surface area contributed by atoms with Crippen molar-refractivity contribution in [3.63, 3.8) is 0 Å². The predicted octanol–water partition coefficient (Wildman–Crippen LogP) is 2.22. The van der Waals surface area contributed by atoms with Crippen molar-refractivity contribution in [1.29, 1.82) is 0 Å². The summed E-state index contributed by atoms with van der Waals surface area (Å²) in [6.07, 6.45) is 0.303. The molecule has 1 aliphatic rings. The monoisotopic (exact) mass is 336 g/mol. The highest BCUT2D eigenvalue weighted by Gasteiger charge is 2.20. The molecule has 0 saturated carbocycles. The maximum atomic E-state index is 11.7. The molecule has 1 fully saturated rings. The maximum Gasteiger partial charge on any atom is 0.413 e. The van der Waals surface area contributed by atoms with E-state index in [1.165, 1.54) is 4.90 Å². The number of piperazine rings is 1. The average Bonchev–Trinajstić information content (AvgIpc) is 2.48. The molecule has 2 amide bonds. The number of rotatable bonds is 3. The average molecular weight is 336 g/mol. The third kappa shape index (κ3) is 5.69. The number of aromatic nitrogens is 1. The van der Waals surface area contributed by atoms with E-state index in [9.17, 15) is 9.59 Å². The summed E-state index contributed by atoms with van der Waals surface area (Å²) in [5.41, 5.74) is 0.454. The molecule has 0 aromatic carbocycles. The molecule has 0 aliphatic carbocycles. The number of anilines is 1. The number of nitrogens with one attached hydrogen (secondary N) is 1. The Morgan fingerprint density at radius 3 is 2.42 bits per heavy atom. The van der Waals surface area contributed by atoms with Crippen LogP contribution in [0.15, 0.2) is 18.3 Å². The molecular weight excluding hydrogens is 312 g/mol. The van der Waals surface area contributed by atoms with Crippen LogP contribution in [0.4, 0.5) is 15.4 Å². The SMILES string of the molecule is CC(C)(C)OC(=O)Nc1ccc(CN2CCN(C(=O)O)CC2)cn1. The Labute approximate surface area is 141 Å². The zero-order valence-electron chi connectivity index (χ0n) is 14.3. The number of amides is 2. The lowest BCUT2D eigenvalue weighted by atomic mass is 10.2. The lowest BCUT2D eigenvalue weighted by Gasteiger charge is -2.32. The van der Waals surface area contributed by atoms with Crippen LogP contribution in [0.2, 0.25) is 0 Å². The summed E-state index contributed by atoms with van der Waals surface area (Å²) < 4.78 is 5.17. The van der Waals surface area contributed by atoms with Crippen LogP contribution < -0.4 is 5.32 Å². The van der Waals surface area contributed by atoms with Gasteiger partial charge in [0.15, 0.2) is 0 Å². The smallest absolute Gasteiger partial charge is 0.413 e. The van der Waals surface area contributed by atoms with Crippen LogP contribution in [0, 0.1) is 0 Å². The molecule has 2 N–H and O–H groups in total. The van der Waals surface area contributed by atoms with Crippen molar-refractivity contribution in [2.75, 3.05) is 31.5 Å². The lowest BCUT2D eigenvalue weighted by Crippen LogP contribution is -2.47. The fourth-order valence-corrected chi connectivity index (χ4v) is 2.36. The molecule has 8 heteroatoms. The first-order valence-electron chi connectivity index (χ1n) is 7.88. The number of carbonyl (C=O) groups is 2. The second kappa shape index (κ2) is 7.48. The van der Waals surface area contributed by atoms with Crippen molar-refractivity contribution in [3.05, 3.63) is 23.9 Å². The van der Waals surface area contributed by atoms with Crippen LogP contribution in [-0.4, -0.2) is 63.9 Å². The van der Waals surface area contributed by atoms with E-state index >= 15 is 0 Å². The Balaban J connectivity index is 1.82. The fraction of sp³-hybridized carbons (Fsp3) is 0.562. The van der Waals surface area contributed by atoms with E-state index in [0.717, 1.165) is 5.56 Å². The van der Waals surface area contributed by atoms with Crippen LogP contribution in [0.5, 0.6) is 0 Å². The zero-order valence-corrected chi connectivity index (χ0v) is 14.3. The number of hydrogen-bond acceptors (Lipinski definition) is 5. The Bertz CT molecular complexity index is 575. The van der Waals surface area contributed by atoms with E-state index in [1.807, 2.05) is 6.07 Å². The molecule has 0 radical (unpaired) electrons. The van der Waals surface area contributed by atoms with Gasteiger partial charge in [-0.2, -0.15) is 0 Å². The van der Waals surface area contributed by atoms with E-state index in [0.29, 0.717) is 38.5 Å². The van der Waals surface area contributed by atoms with Crippen LogP contribution >= 0.6 is 0 Å². The minimum Gasteiger partial charge on any atom is -0.465 e. The molecule has 0 spiro atoms. The number of hydrogen-bond donors (Lipinski definition) is 2. The van der Waals surface area contributed by atoms with Gasteiger partial charge in [-0.05, 0) is 32.4 Å². The third-order valence-electron chi connectivity index (χ3n) is 3.50. The van der Waals surface area contributed by atoms with Gasteiger partial charge in [0.1, 0.15) is 11.4 Å². The largest absolute Gasteiger partial charge is 0.465 e. The summed E-state index contributed by atoms with van der Waals surface area (Å²) in [4.78, 5) is 30.4. The third-order valence-corrected chi connectivity index (χ3v) is 3.50. The standard InChI is InChI=1S/C16H24N4O4/c1-16(2,3)24-14(21)18-13-5-4-12(10-17-13)11-19-6-8-20(9-7-19)15(22)23/h4-5,10H,6-9,11H2,1-3H3,(H,22,23)(H,17,18,21). The second-order valence-electron chi connectivity index (χ2n) is 6.72. The normalized spacial score (nSPS) is 15.9.